The van der Waals surface area contributed by atoms with Crippen LogP contribution in [0.4, 0.5) is 0 Å². The zero-order chi connectivity index (χ0) is 31.8. The minimum Gasteiger partial charge on any atom is -0.492 e. The molecule has 10 heteroatoms. The predicted octanol–water partition coefficient (Wildman–Crippen LogP) is 5.41. The maximum Gasteiger partial charge on any atom is 0.255 e. The molecule has 1 aliphatic heterocycles. The Kier molecular flexibility index (Phi) is 10.5. The molecule has 0 bridgehead atoms. The van der Waals surface area contributed by atoms with Crippen LogP contribution in [0.3, 0.4) is 0 Å². The van der Waals surface area contributed by atoms with Crippen LogP contribution >= 0.6 is 11.6 Å². The number of amides is 2. The van der Waals surface area contributed by atoms with E-state index in [1.165, 1.54) is 0 Å². The van der Waals surface area contributed by atoms with E-state index in [-0.39, 0.29) is 12.5 Å². The summed E-state index contributed by atoms with van der Waals surface area (Å²) in [7, 11) is 0. The van der Waals surface area contributed by atoms with E-state index in [4.69, 9.17) is 27.3 Å². The molecule has 2 heterocycles. The molecule has 0 saturated heterocycles. The molecule has 2 atom stereocenters. The van der Waals surface area contributed by atoms with E-state index in [1.807, 2.05) is 61.1 Å². The number of nitriles is 1. The van der Waals surface area contributed by atoms with Crippen LogP contribution in [0.5, 0.6) is 5.75 Å². The second kappa shape index (κ2) is 14.9. The van der Waals surface area contributed by atoms with Crippen molar-refractivity contribution in [1.29, 1.82) is 5.26 Å². The Bertz CT molecular complexity index is 1660. The minimum atomic E-state index is -0.897. The summed E-state index contributed by atoms with van der Waals surface area (Å²) in [6.45, 7) is 4.81. The topological polar surface area (TPSA) is 126 Å². The number of nitrogens with one attached hydrogen (secondary N) is 1. The van der Waals surface area contributed by atoms with E-state index in [0.717, 1.165) is 48.2 Å². The van der Waals surface area contributed by atoms with Crippen LogP contribution in [0, 0.1) is 11.3 Å². The van der Waals surface area contributed by atoms with Gasteiger partial charge in [0, 0.05) is 48.8 Å². The first-order chi connectivity index (χ1) is 21.9. The summed E-state index contributed by atoms with van der Waals surface area (Å²) in [4.78, 5) is 32.8. The third kappa shape index (κ3) is 7.90. The number of hydrogen-bond donors (Lipinski definition) is 2. The fourth-order valence-corrected chi connectivity index (χ4v) is 5.82. The Morgan fingerprint density at radius 1 is 1.16 bits per heavy atom. The number of halogens is 1. The van der Waals surface area contributed by atoms with Crippen LogP contribution < -0.4 is 15.8 Å². The van der Waals surface area contributed by atoms with Crippen LogP contribution in [-0.2, 0) is 24.3 Å². The third-order valence-electron chi connectivity index (χ3n) is 8.13. The summed E-state index contributed by atoms with van der Waals surface area (Å²) in [6.07, 6.45) is 6.81. The smallest absolute Gasteiger partial charge is 0.255 e. The van der Waals surface area contributed by atoms with E-state index in [0.29, 0.717) is 41.6 Å². The Morgan fingerprint density at radius 2 is 1.91 bits per heavy atom. The molecule has 0 aliphatic carbocycles. The largest absolute Gasteiger partial charge is 0.492 e. The molecule has 0 fully saturated rings. The van der Waals surface area contributed by atoms with Gasteiger partial charge in [0.2, 0.25) is 5.91 Å². The fraction of sp³-hybridized carbons (Fsp3) is 0.314. The number of rotatable bonds is 13. The van der Waals surface area contributed by atoms with Crippen molar-refractivity contribution in [2.75, 3.05) is 13.2 Å². The lowest BCUT2D eigenvalue weighted by Gasteiger charge is -2.36. The van der Waals surface area contributed by atoms with Crippen LogP contribution in [0.2, 0.25) is 5.02 Å². The molecule has 232 valence electrons. The van der Waals surface area contributed by atoms with Gasteiger partial charge in [-0.1, -0.05) is 61.3 Å². The number of primary amides is 1. The first-order valence-electron chi connectivity index (χ1n) is 15.2. The molecule has 3 N–H and O–H groups in total. The third-order valence-corrected chi connectivity index (χ3v) is 8.38. The number of para-hydroxylation sites is 1. The standard InChI is InChI=1S/C35H37ClN6O3/c1-2-3-16-41(22-28-20-39-23-42(28)21-26-9-7-25(19-37)8-10-26)32-15-17-45-33-29(32)5-4-6-30(33)35(44)40-31(34(38)43)18-24-11-13-27(36)14-12-24/h4-14,20,23,31-32H,2-3,15-18,21-22H2,1H3,(H2,38,43)(H,40,44). The number of nitrogens with two attached hydrogens (primary N) is 1. The SMILES string of the molecule is CCCCN(Cc1cncn1Cc1ccc(C#N)cc1)C1CCOc2c(C(=O)NC(Cc3ccc(Cl)cc3)C(N)=O)cccc21. The fourth-order valence-electron chi connectivity index (χ4n) is 5.70. The maximum absolute atomic E-state index is 13.6. The van der Waals surface area contributed by atoms with Gasteiger partial charge in [-0.25, -0.2) is 4.98 Å². The van der Waals surface area contributed by atoms with E-state index in [9.17, 15) is 9.59 Å². The number of benzene rings is 3. The van der Waals surface area contributed by atoms with Crippen molar-refractivity contribution < 1.29 is 14.3 Å². The van der Waals surface area contributed by atoms with Crippen LogP contribution in [0.25, 0.3) is 0 Å². The van der Waals surface area contributed by atoms with Crippen molar-refractivity contribution in [1.82, 2.24) is 19.8 Å². The van der Waals surface area contributed by atoms with Gasteiger partial charge in [0.05, 0.1) is 35.8 Å². The number of nitrogens with zero attached hydrogens (tertiary/aromatic N) is 4. The summed E-state index contributed by atoms with van der Waals surface area (Å²) in [6, 6.07) is 21.6. The Morgan fingerprint density at radius 3 is 2.62 bits per heavy atom. The summed E-state index contributed by atoms with van der Waals surface area (Å²) in [5.74, 6) is -0.496. The molecule has 9 nitrogen and oxygen atoms in total. The maximum atomic E-state index is 13.6. The lowest BCUT2D eigenvalue weighted by atomic mass is 9.95. The molecule has 45 heavy (non-hydrogen) atoms. The van der Waals surface area contributed by atoms with Gasteiger partial charge in [-0.05, 0) is 54.4 Å². The van der Waals surface area contributed by atoms with Gasteiger partial charge in [-0.2, -0.15) is 5.26 Å². The summed E-state index contributed by atoms with van der Waals surface area (Å²) in [5, 5.41) is 12.6. The zero-order valence-electron chi connectivity index (χ0n) is 25.3. The highest BCUT2D eigenvalue weighted by atomic mass is 35.5. The lowest BCUT2D eigenvalue weighted by molar-refractivity contribution is -0.119. The number of carbonyl (C=O) groups excluding carboxylic acids is 2. The second-order valence-electron chi connectivity index (χ2n) is 11.3. The van der Waals surface area contributed by atoms with E-state index >= 15 is 0 Å². The molecular weight excluding hydrogens is 588 g/mol. The highest BCUT2D eigenvalue weighted by Gasteiger charge is 2.31. The molecule has 1 aliphatic rings. The Hall–Kier alpha value is -4.65. The summed E-state index contributed by atoms with van der Waals surface area (Å²) >= 11 is 6.00. The Labute approximate surface area is 268 Å². The number of carbonyl (C=O) groups is 2. The van der Waals surface area contributed by atoms with Gasteiger partial charge >= 0.3 is 0 Å². The van der Waals surface area contributed by atoms with Crippen molar-refractivity contribution >= 4 is 23.4 Å². The van der Waals surface area contributed by atoms with E-state index < -0.39 is 17.9 Å². The molecule has 4 aromatic rings. The average molecular weight is 625 g/mol. The second-order valence-corrected chi connectivity index (χ2v) is 11.7. The number of imidazole rings is 1. The molecule has 3 aromatic carbocycles. The normalized spacial score (nSPS) is 14.7. The van der Waals surface area contributed by atoms with Crippen LogP contribution in [-0.4, -0.2) is 45.5 Å². The van der Waals surface area contributed by atoms with Gasteiger partial charge < -0.3 is 20.4 Å². The zero-order valence-corrected chi connectivity index (χ0v) is 26.0. The van der Waals surface area contributed by atoms with E-state index in [1.54, 1.807) is 18.2 Å². The van der Waals surface area contributed by atoms with Gasteiger partial charge in [0.25, 0.3) is 5.91 Å². The average Bonchev–Trinajstić information content (AvgIpc) is 3.49. The molecule has 0 saturated carbocycles. The molecule has 2 amide bonds. The highest BCUT2D eigenvalue weighted by molar-refractivity contribution is 6.30. The van der Waals surface area contributed by atoms with Crippen molar-refractivity contribution in [3.8, 4) is 11.8 Å². The van der Waals surface area contributed by atoms with E-state index in [2.05, 4.69) is 32.8 Å². The molecular formula is C35H37ClN6O3. The quantitative estimate of drug-likeness (QED) is 0.205. The van der Waals surface area contributed by atoms with Gasteiger partial charge in [-0.3, -0.25) is 14.5 Å². The van der Waals surface area contributed by atoms with Crippen LogP contribution in [0.1, 0.15) is 70.5 Å². The highest BCUT2D eigenvalue weighted by Crippen LogP contribution is 2.39. The molecule has 0 radical (unpaired) electrons. The van der Waals surface area contributed by atoms with Gasteiger partial charge in [0.1, 0.15) is 11.8 Å². The van der Waals surface area contributed by atoms with Crippen LogP contribution in [0.15, 0.2) is 79.3 Å². The first kappa shape index (κ1) is 31.8. The lowest BCUT2D eigenvalue weighted by Crippen LogP contribution is -2.46. The van der Waals surface area contributed by atoms with Crippen molar-refractivity contribution in [2.45, 2.75) is 57.8 Å². The Balaban J connectivity index is 1.36. The summed E-state index contributed by atoms with van der Waals surface area (Å²) in [5.41, 5.74) is 10.6. The molecule has 5 rings (SSSR count). The van der Waals surface area contributed by atoms with Crippen molar-refractivity contribution in [3.63, 3.8) is 0 Å². The van der Waals surface area contributed by atoms with Crippen molar-refractivity contribution in [3.05, 3.63) is 118 Å². The number of aromatic nitrogens is 2. The number of unbranched alkanes of at least 4 members (excludes halogenated alkanes) is 1. The van der Waals surface area contributed by atoms with Gasteiger partial charge in [0.15, 0.2) is 0 Å². The molecule has 2 unspecified atom stereocenters. The minimum absolute atomic E-state index is 0.0207. The number of hydrogen-bond acceptors (Lipinski definition) is 6. The monoisotopic (exact) mass is 624 g/mol. The van der Waals surface area contributed by atoms with Crippen molar-refractivity contribution in [2.24, 2.45) is 5.73 Å². The first-order valence-corrected chi connectivity index (χ1v) is 15.6. The predicted molar refractivity (Wildman–Crippen MR) is 173 cm³/mol. The molecule has 0 spiro atoms. The molecule has 1 aromatic heterocycles. The summed E-state index contributed by atoms with van der Waals surface area (Å²) < 4.78 is 8.27. The van der Waals surface area contributed by atoms with Gasteiger partial charge in [-0.15, -0.1) is 0 Å². The number of fused-ring (bicyclic) bond motifs is 1. The number of ether oxygens (including phenoxy) is 1.